The van der Waals surface area contributed by atoms with Crippen LogP contribution in [0.4, 0.5) is 5.95 Å². The summed E-state index contributed by atoms with van der Waals surface area (Å²) >= 11 is 1.36. The number of nitrogens with zero attached hydrogens (tertiary/aromatic N) is 3. The molecule has 2 aromatic carbocycles. The zero-order valence-electron chi connectivity index (χ0n) is 21.8. The number of imidazole rings is 1. The van der Waals surface area contributed by atoms with Gasteiger partial charge in [0.25, 0.3) is 5.91 Å². The maximum absolute atomic E-state index is 13.4. The molecule has 1 N–H and O–H groups in total. The van der Waals surface area contributed by atoms with Gasteiger partial charge < -0.3 is 19.1 Å². The van der Waals surface area contributed by atoms with E-state index in [-0.39, 0.29) is 24.5 Å². The Morgan fingerprint density at radius 3 is 2.41 bits per heavy atom. The van der Waals surface area contributed by atoms with Gasteiger partial charge in [-0.05, 0) is 72.8 Å². The van der Waals surface area contributed by atoms with E-state index in [1.54, 1.807) is 25.2 Å². The smallest absolute Gasteiger partial charge is 0.264 e. The van der Waals surface area contributed by atoms with Crippen molar-refractivity contribution >= 4 is 29.1 Å². The highest BCUT2D eigenvalue weighted by Gasteiger charge is 2.26. The first kappa shape index (κ1) is 26.5. The van der Waals surface area contributed by atoms with Crippen LogP contribution in [0.25, 0.3) is 16.9 Å². The van der Waals surface area contributed by atoms with Crippen LogP contribution in [-0.4, -0.2) is 66.3 Å². The van der Waals surface area contributed by atoms with Crippen LogP contribution in [-0.2, 0) is 9.53 Å². The zero-order chi connectivity index (χ0) is 27.2. The van der Waals surface area contributed by atoms with E-state index in [2.05, 4.69) is 5.32 Å². The van der Waals surface area contributed by atoms with Gasteiger partial charge in [-0.2, -0.15) is 0 Å². The molecule has 2 aromatic heterocycles. The van der Waals surface area contributed by atoms with Gasteiger partial charge in [0, 0.05) is 30.6 Å². The molecule has 202 valence electrons. The summed E-state index contributed by atoms with van der Waals surface area (Å²) in [6.45, 7) is 0.906. The van der Waals surface area contributed by atoms with E-state index in [9.17, 15) is 9.59 Å². The molecule has 0 aliphatic carbocycles. The van der Waals surface area contributed by atoms with Crippen LogP contribution < -0.4 is 14.8 Å². The Morgan fingerprint density at radius 2 is 1.79 bits per heavy atom. The van der Waals surface area contributed by atoms with E-state index in [1.807, 2.05) is 70.7 Å². The number of ether oxygens (including phenoxy) is 3. The second-order valence-electron chi connectivity index (χ2n) is 9.09. The molecular formula is C29H30N4O5S. The van der Waals surface area contributed by atoms with Crippen molar-refractivity contribution in [1.82, 2.24) is 14.5 Å². The zero-order valence-corrected chi connectivity index (χ0v) is 22.6. The summed E-state index contributed by atoms with van der Waals surface area (Å²) in [6, 6.07) is 18.6. The van der Waals surface area contributed by atoms with Gasteiger partial charge in [0.2, 0.25) is 11.9 Å². The molecule has 1 aliphatic rings. The van der Waals surface area contributed by atoms with Crippen LogP contribution in [0.5, 0.6) is 11.5 Å². The lowest BCUT2D eigenvalue weighted by Gasteiger charge is -2.24. The summed E-state index contributed by atoms with van der Waals surface area (Å²) in [4.78, 5) is 33.5. The average molecular weight is 547 g/mol. The van der Waals surface area contributed by atoms with Gasteiger partial charge in [-0.1, -0.05) is 6.07 Å². The summed E-state index contributed by atoms with van der Waals surface area (Å²) in [6.07, 6.45) is 3.60. The Bertz CT molecular complexity index is 1390. The third kappa shape index (κ3) is 6.30. The highest BCUT2D eigenvalue weighted by molar-refractivity contribution is 7.12. The first-order valence-electron chi connectivity index (χ1n) is 12.7. The number of carbonyl (C=O) groups excluding carboxylic acids is 2. The number of hydrogen-bond donors (Lipinski definition) is 1. The molecule has 0 spiro atoms. The Balaban J connectivity index is 1.41. The highest BCUT2D eigenvalue weighted by Crippen LogP contribution is 2.27. The number of carbonyl (C=O) groups is 2. The highest BCUT2D eigenvalue weighted by atomic mass is 32.1. The Morgan fingerprint density at radius 1 is 1.08 bits per heavy atom. The van der Waals surface area contributed by atoms with Crippen molar-refractivity contribution in [3.63, 3.8) is 0 Å². The number of thiophene rings is 1. The van der Waals surface area contributed by atoms with E-state index in [4.69, 9.17) is 19.2 Å². The first-order valence-corrected chi connectivity index (χ1v) is 13.5. The second kappa shape index (κ2) is 12.1. The van der Waals surface area contributed by atoms with Crippen LogP contribution >= 0.6 is 11.3 Å². The van der Waals surface area contributed by atoms with Gasteiger partial charge in [0.15, 0.2) is 0 Å². The number of benzene rings is 2. The lowest BCUT2D eigenvalue weighted by atomic mass is 10.1. The molecule has 1 atom stereocenters. The minimum atomic E-state index is -0.348. The predicted octanol–water partition coefficient (Wildman–Crippen LogP) is 4.88. The number of rotatable bonds is 10. The van der Waals surface area contributed by atoms with Crippen LogP contribution in [0, 0.1) is 0 Å². The summed E-state index contributed by atoms with van der Waals surface area (Å²) in [5.41, 5.74) is 2.34. The van der Waals surface area contributed by atoms with Crippen molar-refractivity contribution in [2.24, 2.45) is 0 Å². The lowest BCUT2D eigenvalue weighted by Crippen LogP contribution is -2.42. The monoisotopic (exact) mass is 546 g/mol. The molecule has 10 heteroatoms. The Hall–Kier alpha value is -4.15. The summed E-state index contributed by atoms with van der Waals surface area (Å²) in [5, 5.41) is 4.78. The number of nitrogens with one attached hydrogen (secondary N) is 1. The minimum Gasteiger partial charge on any atom is -0.497 e. The lowest BCUT2D eigenvalue weighted by molar-refractivity contribution is -0.117. The summed E-state index contributed by atoms with van der Waals surface area (Å²) in [5.74, 6) is 1.27. The normalized spacial score (nSPS) is 14.7. The average Bonchev–Trinajstić information content (AvgIpc) is 3.75. The topological polar surface area (TPSA) is 94.9 Å². The predicted molar refractivity (Wildman–Crippen MR) is 150 cm³/mol. The molecule has 9 nitrogen and oxygen atoms in total. The van der Waals surface area contributed by atoms with Crippen molar-refractivity contribution in [2.75, 3.05) is 39.2 Å². The van der Waals surface area contributed by atoms with E-state index < -0.39 is 0 Å². The molecule has 0 bridgehead atoms. The number of anilines is 1. The maximum atomic E-state index is 13.4. The van der Waals surface area contributed by atoms with Crippen molar-refractivity contribution < 1.29 is 23.8 Å². The molecule has 1 aliphatic heterocycles. The van der Waals surface area contributed by atoms with Gasteiger partial charge >= 0.3 is 0 Å². The van der Waals surface area contributed by atoms with Gasteiger partial charge in [0.1, 0.15) is 18.0 Å². The number of methoxy groups -OCH3 is 2. The summed E-state index contributed by atoms with van der Waals surface area (Å²) < 4.78 is 18.1. The minimum absolute atomic E-state index is 0.0790. The number of aromatic nitrogens is 2. The molecule has 0 radical (unpaired) electrons. The van der Waals surface area contributed by atoms with E-state index >= 15 is 0 Å². The fraction of sp³-hybridized carbons (Fsp3) is 0.276. The second-order valence-corrected chi connectivity index (χ2v) is 10.0. The first-order chi connectivity index (χ1) is 19.0. The van der Waals surface area contributed by atoms with Crippen LogP contribution in [0.2, 0.25) is 0 Å². The van der Waals surface area contributed by atoms with E-state index in [0.717, 1.165) is 35.6 Å². The molecule has 1 saturated heterocycles. The standard InChI is InChI=1S/C29H30N4O5S/c1-36-22-11-7-20(8-12-22)25-18-33(21-9-13-23(37-2)14-10-21)29(30-25)31-27(34)19-32(17-24-5-3-15-38-24)28(35)26-6-4-16-39-26/h4,6-14,16,18,24H,3,5,15,17,19H2,1-2H3,(H,30,31,34)/t24-/m0/s1. The summed E-state index contributed by atoms with van der Waals surface area (Å²) in [7, 11) is 3.23. The Labute approximate surface area is 230 Å². The molecular weight excluding hydrogens is 516 g/mol. The fourth-order valence-electron chi connectivity index (χ4n) is 4.46. The van der Waals surface area contributed by atoms with Gasteiger partial charge in [-0.25, -0.2) is 4.98 Å². The fourth-order valence-corrected chi connectivity index (χ4v) is 5.15. The van der Waals surface area contributed by atoms with Crippen LogP contribution in [0.3, 0.4) is 0 Å². The van der Waals surface area contributed by atoms with Crippen molar-refractivity contribution in [3.05, 3.63) is 77.1 Å². The molecule has 4 aromatic rings. The Kier molecular flexibility index (Phi) is 8.24. The number of hydrogen-bond acceptors (Lipinski definition) is 7. The van der Waals surface area contributed by atoms with Crippen molar-refractivity contribution in [1.29, 1.82) is 0 Å². The molecule has 39 heavy (non-hydrogen) atoms. The van der Waals surface area contributed by atoms with E-state index in [0.29, 0.717) is 29.7 Å². The third-order valence-electron chi connectivity index (χ3n) is 6.50. The van der Waals surface area contributed by atoms with Crippen molar-refractivity contribution in [2.45, 2.75) is 18.9 Å². The molecule has 0 saturated carbocycles. The van der Waals surface area contributed by atoms with E-state index in [1.165, 1.54) is 11.3 Å². The molecule has 0 unspecified atom stereocenters. The molecule has 1 fully saturated rings. The van der Waals surface area contributed by atoms with Gasteiger partial charge in [-0.15, -0.1) is 11.3 Å². The number of amides is 2. The SMILES string of the molecule is COc1ccc(-c2cn(-c3ccc(OC)cc3)c(NC(=O)CN(C[C@@H]3CCCO3)C(=O)c3cccs3)n2)cc1. The van der Waals surface area contributed by atoms with Crippen LogP contribution in [0.15, 0.2) is 72.2 Å². The third-order valence-corrected chi connectivity index (χ3v) is 7.35. The molecule has 3 heterocycles. The van der Waals surface area contributed by atoms with Gasteiger partial charge in [-0.3, -0.25) is 19.5 Å². The van der Waals surface area contributed by atoms with Crippen molar-refractivity contribution in [3.8, 4) is 28.4 Å². The maximum Gasteiger partial charge on any atom is 0.264 e. The van der Waals surface area contributed by atoms with Gasteiger partial charge in [0.05, 0.1) is 30.9 Å². The largest absolute Gasteiger partial charge is 0.497 e. The molecule has 5 rings (SSSR count). The quantitative estimate of drug-likeness (QED) is 0.305. The van der Waals surface area contributed by atoms with Crippen LogP contribution in [0.1, 0.15) is 22.5 Å². The molecule has 2 amide bonds.